The molecule has 0 aliphatic heterocycles. The molecule has 0 amide bonds. The van der Waals surface area contributed by atoms with Crippen LogP contribution in [0.3, 0.4) is 0 Å². The Morgan fingerprint density at radius 2 is 1.95 bits per heavy atom. The summed E-state index contributed by atoms with van der Waals surface area (Å²) in [6.45, 7) is 4.46. The molecule has 0 aromatic heterocycles. The molecule has 2 aromatic carbocycles. The smallest absolute Gasteiger partial charge is 0.328 e. The van der Waals surface area contributed by atoms with E-state index in [9.17, 15) is 4.79 Å². The van der Waals surface area contributed by atoms with Gasteiger partial charge in [-0.2, -0.15) is 0 Å². The third-order valence-corrected chi connectivity index (χ3v) is 3.22. The van der Waals surface area contributed by atoms with E-state index in [0.29, 0.717) is 12.4 Å². The van der Waals surface area contributed by atoms with Crippen molar-refractivity contribution >= 4 is 12.0 Å². The fourth-order valence-corrected chi connectivity index (χ4v) is 2.02. The number of rotatable bonds is 5. The van der Waals surface area contributed by atoms with Crippen LogP contribution in [0.25, 0.3) is 6.08 Å². The summed E-state index contributed by atoms with van der Waals surface area (Å²) in [5, 5.41) is 8.75. The number of aryl methyl sites for hydroxylation is 2. The van der Waals surface area contributed by atoms with Crippen molar-refractivity contribution in [2.24, 2.45) is 0 Å². The fourth-order valence-electron chi connectivity index (χ4n) is 2.02. The average molecular weight is 282 g/mol. The predicted octanol–water partition coefficient (Wildman–Crippen LogP) is 3.98. The first-order chi connectivity index (χ1) is 10.1. The number of benzene rings is 2. The molecule has 0 unspecified atom stereocenters. The summed E-state index contributed by atoms with van der Waals surface area (Å²) in [7, 11) is 0. The fraction of sp³-hybridized carbons (Fsp3) is 0.167. The third kappa shape index (κ3) is 4.21. The molecule has 0 radical (unpaired) electrons. The standard InChI is InChI=1S/C18H18O3/c1-13-7-9-17(15(11-13)8-10-18(19)20)21-12-16-6-4-3-5-14(16)2/h3-11H,12H2,1-2H3,(H,19,20). The first kappa shape index (κ1) is 14.9. The second-order valence-electron chi connectivity index (χ2n) is 4.93. The zero-order valence-electron chi connectivity index (χ0n) is 12.2. The van der Waals surface area contributed by atoms with Crippen molar-refractivity contribution in [2.45, 2.75) is 20.5 Å². The van der Waals surface area contributed by atoms with Gasteiger partial charge in [0.25, 0.3) is 0 Å². The minimum absolute atomic E-state index is 0.462. The molecule has 0 atom stereocenters. The van der Waals surface area contributed by atoms with Gasteiger partial charge in [-0.05, 0) is 43.2 Å². The molecule has 21 heavy (non-hydrogen) atoms. The van der Waals surface area contributed by atoms with Gasteiger partial charge < -0.3 is 9.84 Å². The number of hydrogen-bond acceptors (Lipinski definition) is 2. The zero-order valence-corrected chi connectivity index (χ0v) is 12.2. The van der Waals surface area contributed by atoms with Gasteiger partial charge in [0.1, 0.15) is 12.4 Å². The Morgan fingerprint density at radius 1 is 1.19 bits per heavy atom. The van der Waals surface area contributed by atoms with Crippen molar-refractivity contribution in [3.8, 4) is 5.75 Å². The van der Waals surface area contributed by atoms with E-state index < -0.39 is 5.97 Å². The van der Waals surface area contributed by atoms with Gasteiger partial charge in [0.15, 0.2) is 0 Å². The van der Waals surface area contributed by atoms with E-state index in [1.165, 1.54) is 5.56 Å². The Kier molecular flexibility index (Phi) is 4.77. The zero-order chi connectivity index (χ0) is 15.2. The highest BCUT2D eigenvalue weighted by atomic mass is 16.5. The summed E-state index contributed by atoms with van der Waals surface area (Å²) < 4.78 is 5.85. The van der Waals surface area contributed by atoms with Crippen molar-refractivity contribution in [3.63, 3.8) is 0 Å². The van der Waals surface area contributed by atoms with Crippen LogP contribution in [0.15, 0.2) is 48.5 Å². The molecular formula is C18H18O3. The quantitative estimate of drug-likeness (QED) is 0.844. The van der Waals surface area contributed by atoms with E-state index in [-0.39, 0.29) is 0 Å². The lowest BCUT2D eigenvalue weighted by atomic mass is 10.1. The Hall–Kier alpha value is -2.55. The van der Waals surface area contributed by atoms with Crippen LogP contribution < -0.4 is 4.74 Å². The molecule has 3 nitrogen and oxygen atoms in total. The van der Waals surface area contributed by atoms with E-state index in [4.69, 9.17) is 9.84 Å². The van der Waals surface area contributed by atoms with Gasteiger partial charge in [-0.3, -0.25) is 0 Å². The van der Waals surface area contributed by atoms with E-state index in [1.807, 2.05) is 56.3 Å². The van der Waals surface area contributed by atoms with Gasteiger partial charge in [-0.1, -0.05) is 35.9 Å². The Labute approximate surface area is 124 Å². The van der Waals surface area contributed by atoms with Gasteiger partial charge >= 0.3 is 5.97 Å². The van der Waals surface area contributed by atoms with Gasteiger partial charge in [-0.15, -0.1) is 0 Å². The number of carboxylic acids is 1. The van der Waals surface area contributed by atoms with Crippen molar-refractivity contribution in [1.82, 2.24) is 0 Å². The molecule has 2 rings (SSSR count). The highest BCUT2D eigenvalue weighted by molar-refractivity contribution is 5.85. The molecule has 108 valence electrons. The van der Waals surface area contributed by atoms with Crippen molar-refractivity contribution < 1.29 is 14.6 Å². The van der Waals surface area contributed by atoms with E-state index in [0.717, 1.165) is 22.8 Å². The number of ether oxygens (including phenoxy) is 1. The van der Waals surface area contributed by atoms with Crippen LogP contribution in [0, 0.1) is 13.8 Å². The lowest BCUT2D eigenvalue weighted by Crippen LogP contribution is -1.99. The second kappa shape index (κ2) is 6.75. The molecule has 0 heterocycles. The highest BCUT2D eigenvalue weighted by Crippen LogP contribution is 2.23. The topological polar surface area (TPSA) is 46.5 Å². The van der Waals surface area contributed by atoms with Crippen LogP contribution in [0.5, 0.6) is 5.75 Å². The molecule has 0 aliphatic rings. The van der Waals surface area contributed by atoms with Crippen LogP contribution in [0.1, 0.15) is 22.3 Å². The minimum atomic E-state index is -0.971. The van der Waals surface area contributed by atoms with E-state index in [2.05, 4.69) is 0 Å². The van der Waals surface area contributed by atoms with Crippen LogP contribution in [-0.4, -0.2) is 11.1 Å². The molecule has 0 fully saturated rings. The molecule has 0 spiro atoms. The van der Waals surface area contributed by atoms with Crippen molar-refractivity contribution in [1.29, 1.82) is 0 Å². The van der Waals surface area contributed by atoms with E-state index in [1.54, 1.807) is 6.08 Å². The van der Waals surface area contributed by atoms with Gasteiger partial charge in [0.05, 0.1) is 0 Å². The molecule has 2 aromatic rings. The summed E-state index contributed by atoms with van der Waals surface area (Å²) in [5.41, 5.74) is 4.12. The summed E-state index contributed by atoms with van der Waals surface area (Å²) >= 11 is 0. The van der Waals surface area contributed by atoms with Crippen molar-refractivity contribution in [3.05, 3.63) is 70.8 Å². The summed E-state index contributed by atoms with van der Waals surface area (Å²) in [4.78, 5) is 10.7. The number of carbonyl (C=O) groups is 1. The molecule has 0 saturated heterocycles. The third-order valence-electron chi connectivity index (χ3n) is 3.22. The van der Waals surface area contributed by atoms with Crippen LogP contribution in [0.4, 0.5) is 0 Å². The summed E-state index contributed by atoms with van der Waals surface area (Å²) in [5.74, 6) is -0.289. The van der Waals surface area contributed by atoms with Crippen LogP contribution in [0.2, 0.25) is 0 Å². The van der Waals surface area contributed by atoms with Gasteiger partial charge in [0.2, 0.25) is 0 Å². The minimum Gasteiger partial charge on any atom is -0.488 e. The SMILES string of the molecule is Cc1ccc(OCc2ccccc2C)c(C=CC(=O)O)c1. The summed E-state index contributed by atoms with van der Waals surface area (Å²) in [6, 6.07) is 13.8. The average Bonchev–Trinajstić information content (AvgIpc) is 2.45. The van der Waals surface area contributed by atoms with E-state index >= 15 is 0 Å². The molecule has 0 aliphatic carbocycles. The maximum Gasteiger partial charge on any atom is 0.328 e. The highest BCUT2D eigenvalue weighted by Gasteiger charge is 2.04. The molecule has 0 bridgehead atoms. The van der Waals surface area contributed by atoms with Gasteiger partial charge in [-0.25, -0.2) is 4.79 Å². The lowest BCUT2D eigenvalue weighted by molar-refractivity contribution is -0.131. The molecule has 1 N–H and O–H groups in total. The normalized spacial score (nSPS) is 10.8. The molecule has 0 saturated carbocycles. The largest absolute Gasteiger partial charge is 0.488 e. The lowest BCUT2D eigenvalue weighted by Gasteiger charge is -2.11. The first-order valence-corrected chi connectivity index (χ1v) is 6.75. The maximum atomic E-state index is 10.7. The molecular weight excluding hydrogens is 264 g/mol. The maximum absolute atomic E-state index is 10.7. The number of hydrogen-bond donors (Lipinski definition) is 1. The van der Waals surface area contributed by atoms with Crippen LogP contribution in [-0.2, 0) is 11.4 Å². The number of carboxylic acid groups (broad SMARTS) is 1. The van der Waals surface area contributed by atoms with Crippen LogP contribution >= 0.6 is 0 Å². The molecule has 3 heteroatoms. The Bertz CT molecular complexity index is 672. The summed E-state index contributed by atoms with van der Waals surface area (Å²) in [6.07, 6.45) is 2.68. The van der Waals surface area contributed by atoms with Gasteiger partial charge in [0, 0.05) is 11.6 Å². The first-order valence-electron chi connectivity index (χ1n) is 6.75. The Balaban J connectivity index is 2.20. The predicted molar refractivity (Wildman–Crippen MR) is 83.4 cm³/mol. The van der Waals surface area contributed by atoms with Crippen molar-refractivity contribution in [2.75, 3.05) is 0 Å². The Morgan fingerprint density at radius 3 is 2.67 bits per heavy atom. The monoisotopic (exact) mass is 282 g/mol. The second-order valence-corrected chi connectivity index (χ2v) is 4.93. The number of aliphatic carboxylic acids is 1.